The lowest BCUT2D eigenvalue weighted by atomic mass is 9.97. The second-order valence-electron chi connectivity index (χ2n) is 6.02. The van der Waals surface area contributed by atoms with Crippen molar-refractivity contribution in [2.24, 2.45) is 5.92 Å². The Labute approximate surface area is 118 Å². The Morgan fingerprint density at radius 1 is 1.26 bits per heavy atom. The van der Waals surface area contributed by atoms with Crippen LogP contribution in [-0.4, -0.2) is 36.1 Å². The van der Waals surface area contributed by atoms with Crippen LogP contribution in [0.1, 0.15) is 36.7 Å². The monoisotopic (exact) mass is 263 g/mol. The minimum Gasteiger partial charge on any atom is -0.349 e. The van der Waals surface area contributed by atoms with E-state index in [1.54, 1.807) is 0 Å². The highest BCUT2D eigenvalue weighted by atomic mass is 15.1. The molecule has 1 aromatic rings. The molecule has 0 radical (unpaired) electrons. The predicted octanol–water partition coefficient (Wildman–Crippen LogP) is 2.56. The average molecular weight is 263 g/mol. The van der Waals surface area contributed by atoms with E-state index in [2.05, 4.69) is 48.7 Å². The molecule has 108 valence electrons. The normalized spacial score (nSPS) is 18.1. The van der Waals surface area contributed by atoms with Gasteiger partial charge in [0.15, 0.2) is 0 Å². The average Bonchev–Trinajstić information content (AvgIpc) is 2.66. The molecular formula is C16H29N3. The second-order valence-corrected chi connectivity index (χ2v) is 6.02. The molecule has 0 unspecified atom stereocenters. The van der Waals surface area contributed by atoms with E-state index in [-0.39, 0.29) is 0 Å². The Bertz CT molecular complexity index is 400. The van der Waals surface area contributed by atoms with Crippen molar-refractivity contribution >= 4 is 0 Å². The summed E-state index contributed by atoms with van der Waals surface area (Å²) < 4.78 is 2.40. The molecule has 1 fully saturated rings. The SMILES string of the molecule is CCn1c(C)cc(CNCC2CCN(C)CC2)c1C. The molecular weight excluding hydrogens is 234 g/mol. The largest absolute Gasteiger partial charge is 0.349 e. The summed E-state index contributed by atoms with van der Waals surface area (Å²) in [5.41, 5.74) is 4.28. The zero-order valence-corrected chi connectivity index (χ0v) is 13.0. The van der Waals surface area contributed by atoms with E-state index in [1.807, 2.05) is 0 Å². The first-order valence-corrected chi connectivity index (χ1v) is 7.66. The summed E-state index contributed by atoms with van der Waals surface area (Å²) >= 11 is 0. The van der Waals surface area contributed by atoms with Crippen LogP contribution in [0, 0.1) is 19.8 Å². The van der Waals surface area contributed by atoms with Crippen molar-refractivity contribution in [3.63, 3.8) is 0 Å². The highest BCUT2D eigenvalue weighted by Gasteiger charge is 2.16. The molecule has 1 aliphatic heterocycles. The second kappa shape index (κ2) is 6.58. The van der Waals surface area contributed by atoms with E-state index < -0.39 is 0 Å². The first-order valence-electron chi connectivity index (χ1n) is 7.66. The van der Waals surface area contributed by atoms with Crippen molar-refractivity contribution in [1.29, 1.82) is 0 Å². The fourth-order valence-corrected chi connectivity index (χ4v) is 3.22. The molecule has 1 aromatic heterocycles. The first-order chi connectivity index (χ1) is 9.11. The maximum Gasteiger partial charge on any atom is 0.0223 e. The molecule has 0 aliphatic carbocycles. The van der Waals surface area contributed by atoms with Gasteiger partial charge in [0.1, 0.15) is 0 Å². The Kier molecular flexibility index (Phi) is 5.06. The van der Waals surface area contributed by atoms with Crippen LogP contribution in [-0.2, 0) is 13.1 Å². The highest BCUT2D eigenvalue weighted by Crippen LogP contribution is 2.17. The van der Waals surface area contributed by atoms with Crippen LogP contribution in [0.3, 0.4) is 0 Å². The minimum absolute atomic E-state index is 0.867. The van der Waals surface area contributed by atoms with Crippen LogP contribution in [0.4, 0.5) is 0 Å². The van der Waals surface area contributed by atoms with Gasteiger partial charge in [0.2, 0.25) is 0 Å². The summed E-state index contributed by atoms with van der Waals surface area (Å²) in [5.74, 6) is 0.867. The van der Waals surface area contributed by atoms with Gasteiger partial charge in [0.25, 0.3) is 0 Å². The van der Waals surface area contributed by atoms with Crippen LogP contribution in [0.15, 0.2) is 6.07 Å². The molecule has 0 spiro atoms. The van der Waals surface area contributed by atoms with Crippen molar-refractivity contribution in [2.75, 3.05) is 26.7 Å². The van der Waals surface area contributed by atoms with Crippen LogP contribution >= 0.6 is 0 Å². The van der Waals surface area contributed by atoms with E-state index in [0.29, 0.717) is 0 Å². The molecule has 19 heavy (non-hydrogen) atoms. The summed E-state index contributed by atoms with van der Waals surface area (Å²) in [5, 5.41) is 3.66. The number of hydrogen-bond donors (Lipinski definition) is 1. The van der Waals surface area contributed by atoms with E-state index in [0.717, 1.165) is 19.0 Å². The van der Waals surface area contributed by atoms with Crippen molar-refractivity contribution in [2.45, 2.75) is 46.7 Å². The van der Waals surface area contributed by atoms with Crippen molar-refractivity contribution in [3.8, 4) is 0 Å². The van der Waals surface area contributed by atoms with Crippen molar-refractivity contribution in [1.82, 2.24) is 14.8 Å². The summed E-state index contributed by atoms with van der Waals surface area (Å²) in [7, 11) is 2.23. The number of hydrogen-bond acceptors (Lipinski definition) is 2. The predicted molar refractivity (Wildman–Crippen MR) is 81.5 cm³/mol. The molecule has 1 saturated heterocycles. The maximum atomic E-state index is 3.66. The summed E-state index contributed by atoms with van der Waals surface area (Å²) in [6.45, 7) is 12.4. The number of aromatic nitrogens is 1. The Morgan fingerprint density at radius 2 is 1.95 bits per heavy atom. The fourth-order valence-electron chi connectivity index (χ4n) is 3.22. The fraction of sp³-hybridized carbons (Fsp3) is 0.750. The Morgan fingerprint density at radius 3 is 2.53 bits per heavy atom. The summed E-state index contributed by atoms with van der Waals surface area (Å²) in [4.78, 5) is 2.44. The molecule has 0 bridgehead atoms. The molecule has 1 aliphatic rings. The third-order valence-corrected chi connectivity index (χ3v) is 4.58. The van der Waals surface area contributed by atoms with Crippen LogP contribution in [0.2, 0.25) is 0 Å². The van der Waals surface area contributed by atoms with E-state index in [1.165, 1.54) is 49.4 Å². The Balaban J connectivity index is 1.79. The number of rotatable bonds is 5. The van der Waals surface area contributed by atoms with Crippen molar-refractivity contribution in [3.05, 3.63) is 23.0 Å². The lowest BCUT2D eigenvalue weighted by molar-refractivity contribution is 0.216. The first kappa shape index (κ1) is 14.6. The molecule has 0 saturated carbocycles. The summed E-state index contributed by atoms with van der Waals surface area (Å²) in [6, 6.07) is 2.33. The highest BCUT2D eigenvalue weighted by molar-refractivity contribution is 5.26. The van der Waals surface area contributed by atoms with E-state index in [9.17, 15) is 0 Å². The van der Waals surface area contributed by atoms with Gasteiger partial charge in [-0.15, -0.1) is 0 Å². The molecule has 2 heterocycles. The number of nitrogens with one attached hydrogen (secondary N) is 1. The molecule has 0 atom stereocenters. The quantitative estimate of drug-likeness (QED) is 0.881. The third kappa shape index (κ3) is 3.61. The van der Waals surface area contributed by atoms with Gasteiger partial charge >= 0.3 is 0 Å². The molecule has 2 rings (SSSR count). The van der Waals surface area contributed by atoms with Crippen LogP contribution in [0.5, 0.6) is 0 Å². The number of likely N-dealkylation sites (tertiary alicyclic amines) is 1. The molecule has 0 amide bonds. The lowest BCUT2D eigenvalue weighted by Gasteiger charge is -2.29. The molecule has 1 N–H and O–H groups in total. The van der Waals surface area contributed by atoms with Crippen LogP contribution in [0.25, 0.3) is 0 Å². The van der Waals surface area contributed by atoms with Gasteiger partial charge < -0.3 is 14.8 Å². The van der Waals surface area contributed by atoms with Gasteiger partial charge in [-0.2, -0.15) is 0 Å². The minimum atomic E-state index is 0.867. The van der Waals surface area contributed by atoms with Gasteiger partial charge in [-0.25, -0.2) is 0 Å². The number of aryl methyl sites for hydroxylation is 1. The van der Waals surface area contributed by atoms with Crippen LogP contribution < -0.4 is 5.32 Å². The van der Waals surface area contributed by atoms with Gasteiger partial charge in [-0.3, -0.25) is 0 Å². The lowest BCUT2D eigenvalue weighted by Crippen LogP contribution is -2.34. The number of piperidine rings is 1. The van der Waals surface area contributed by atoms with Crippen molar-refractivity contribution < 1.29 is 0 Å². The van der Waals surface area contributed by atoms with Gasteiger partial charge in [0, 0.05) is 24.5 Å². The molecule has 3 heteroatoms. The van der Waals surface area contributed by atoms with Gasteiger partial charge in [0.05, 0.1) is 0 Å². The smallest absolute Gasteiger partial charge is 0.0223 e. The molecule has 0 aromatic carbocycles. The van der Waals surface area contributed by atoms with Gasteiger partial charge in [-0.05, 0) is 77.8 Å². The standard InChI is InChI=1S/C16H29N3/c1-5-19-13(2)10-16(14(19)3)12-17-11-15-6-8-18(4)9-7-15/h10,15,17H,5-9,11-12H2,1-4H3. The van der Waals surface area contributed by atoms with E-state index >= 15 is 0 Å². The zero-order valence-electron chi connectivity index (χ0n) is 13.0. The third-order valence-electron chi connectivity index (χ3n) is 4.58. The topological polar surface area (TPSA) is 20.2 Å². The molecule has 3 nitrogen and oxygen atoms in total. The number of nitrogens with zero attached hydrogens (tertiary/aromatic N) is 2. The zero-order chi connectivity index (χ0) is 13.8. The maximum absolute atomic E-state index is 3.66. The van der Waals surface area contributed by atoms with Gasteiger partial charge in [-0.1, -0.05) is 0 Å². The van der Waals surface area contributed by atoms with E-state index in [4.69, 9.17) is 0 Å². The Hall–Kier alpha value is -0.800. The summed E-state index contributed by atoms with van der Waals surface area (Å²) in [6.07, 6.45) is 2.69.